The van der Waals surface area contributed by atoms with Gasteiger partial charge in [0.25, 0.3) is 5.91 Å². The summed E-state index contributed by atoms with van der Waals surface area (Å²) in [6.07, 6.45) is 6.03. The van der Waals surface area contributed by atoms with E-state index >= 15 is 0 Å². The minimum atomic E-state index is -1.21. The van der Waals surface area contributed by atoms with Crippen LogP contribution >= 0.6 is 23.5 Å². The quantitative estimate of drug-likeness (QED) is 0.182. The molecule has 3 N–H and O–H groups in total. The van der Waals surface area contributed by atoms with Crippen LogP contribution in [0.15, 0.2) is 34.1 Å². The van der Waals surface area contributed by atoms with E-state index in [-0.39, 0.29) is 52.8 Å². The zero-order chi connectivity index (χ0) is 23.1. The summed E-state index contributed by atoms with van der Waals surface area (Å²) >= 11 is 2.59. The molecule has 11 nitrogen and oxygen atoms in total. The van der Waals surface area contributed by atoms with E-state index in [1.54, 1.807) is 6.08 Å². The number of amides is 3. The number of β-lactam (4-membered cyclic amide) rings is 1. The Morgan fingerprint density at radius 3 is 2.82 bits per heavy atom. The van der Waals surface area contributed by atoms with Gasteiger partial charge in [0, 0.05) is 24.4 Å². The maximum atomic E-state index is 12.8. The number of fused-ring (bicyclic) bond motifs is 1. The van der Waals surface area contributed by atoms with Gasteiger partial charge in [-0.2, -0.15) is 0 Å². The molecule has 0 unspecified atom stereocenters. The number of carboxylic acid groups (broad SMARTS) is 1. The molecule has 34 heavy (non-hydrogen) atoms. The van der Waals surface area contributed by atoms with Crippen molar-refractivity contribution < 1.29 is 24.3 Å². The number of H-pyrrole nitrogens is 1. The van der Waals surface area contributed by atoms with Gasteiger partial charge < -0.3 is 15.3 Å². The van der Waals surface area contributed by atoms with E-state index in [0.29, 0.717) is 40.8 Å². The molecule has 1 aliphatic carbocycles. The first-order valence-corrected chi connectivity index (χ1v) is 12.6. The molecule has 0 bridgehead atoms. The maximum absolute atomic E-state index is 12.8. The van der Waals surface area contributed by atoms with E-state index in [1.807, 2.05) is 4.90 Å². The molecule has 1 aromatic rings. The van der Waals surface area contributed by atoms with Gasteiger partial charge in [0.15, 0.2) is 0 Å². The summed E-state index contributed by atoms with van der Waals surface area (Å²) in [4.78, 5) is 52.9. The van der Waals surface area contributed by atoms with Crippen molar-refractivity contribution in [3.05, 3.63) is 29.1 Å². The summed E-state index contributed by atoms with van der Waals surface area (Å²) < 4.78 is 0. The molecule has 3 aliphatic heterocycles. The van der Waals surface area contributed by atoms with Crippen molar-refractivity contribution in [3.63, 3.8) is 0 Å². The van der Waals surface area contributed by atoms with Gasteiger partial charge in [-0.15, -0.1) is 16.9 Å². The number of rotatable bonds is 8. The standard InChI is InChI=1S/C20H22N6O5S2.Na.H/c27-13(9-32-14-6-21-24-23-14)22-15-18(29)26-16(20(30)31)12(8-33-19(15)26)5-11-3-4-25(17(11)28)7-10-1-2-10;;/h5-6,10,15,19H,1-4,7-9H2,(H,22,27)(H,30,31)(H,21,23,24);;/b11-5+;;/t15-,19-;;/m1../s1. The summed E-state index contributed by atoms with van der Waals surface area (Å²) in [5, 5.41) is 22.5. The van der Waals surface area contributed by atoms with E-state index in [1.165, 1.54) is 34.6 Å². The third kappa shape index (κ3) is 5.08. The van der Waals surface area contributed by atoms with Crippen LogP contribution in [0.1, 0.15) is 19.3 Å². The predicted molar refractivity (Wildman–Crippen MR) is 126 cm³/mol. The number of likely N-dealkylation sites (tertiary alicyclic amines) is 1. The van der Waals surface area contributed by atoms with Crippen LogP contribution < -0.4 is 5.32 Å². The predicted octanol–water partition coefficient (Wildman–Crippen LogP) is -0.444. The monoisotopic (exact) mass is 514 g/mol. The Morgan fingerprint density at radius 2 is 2.15 bits per heavy atom. The number of carbonyl (C=O) groups is 4. The number of nitrogens with one attached hydrogen (secondary N) is 2. The molecule has 2 atom stereocenters. The number of carboxylic acids is 1. The normalized spacial score (nSPS) is 25.2. The molecule has 3 fully saturated rings. The summed E-state index contributed by atoms with van der Waals surface area (Å²) in [5.74, 6) is -1.05. The third-order valence-corrected chi connectivity index (χ3v) is 8.22. The molecule has 1 aromatic heterocycles. The fraction of sp³-hybridized carbons (Fsp3) is 0.500. The molecule has 3 amide bonds. The second-order valence-electron chi connectivity index (χ2n) is 8.36. The van der Waals surface area contributed by atoms with E-state index in [9.17, 15) is 24.3 Å². The van der Waals surface area contributed by atoms with Crippen LogP contribution in [-0.4, -0.2) is 120 Å². The SMILES string of the molecule is O=C(CSc1cnn[nH]1)N[C@@H]1C(=O)N2C(C(=O)O)=C(/C=C3\CCN(CC4CC4)C3=O)CS[C@H]12.[NaH]. The Labute approximate surface area is 225 Å². The van der Waals surface area contributed by atoms with Crippen LogP contribution in [0.4, 0.5) is 0 Å². The first-order chi connectivity index (χ1) is 15.9. The fourth-order valence-electron chi connectivity index (χ4n) is 4.17. The molecule has 0 radical (unpaired) electrons. The topological polar surface area (TPSA) is 149 Å². The van der Waals surface area contributed by atoms with Crippen LogP contribution in [0.5, 0.6) is 0 Å². The Balaban J connectivity index is 0.00000274. The van der Waals surface area contributed by atoms with Crippen LogP contribution in [0.3, 0.4) is 0 Å². The van der Waals surface area contributed by atoms with E-state index in [0.717, 1.165) is 19.4 Å². The molecule has 0 aromatic carbocycles. The van der Waals surface area contributed by atoms with Crippen molar-refractivity contribution in [1.29, 1.82) is 0 Å². The van der Waals surface area contributed by atoms with Crippen molar-refractivity contribution >= 4 is 76.8 Å². The van der Waals surface area contributed by atoms with Gasteiger partial charge in [0.05, 0.1) is 11.9 Å². The molecular formula is C20H23N6NaO5S2. The second-order valence-corrected chi connectivity index (χ2v) is 10.5. The van der Waals surface area contributed by atoms with Crippen molar-refractivity contribution in [2.75, 3.05) is 24.6 Å². The number of thioether (sulfide) groups is 2. The van der Waals surface area contributed by atoms with Crippen LogP contribution in [-0.2, 0) is 19.2 Å². The van der Waals surface area contributed by atoms with Gasteiger partial charge in [0.1, 0.15) is 22.1 Å². The molecule has 5 rings (SSSR count). The fourth-order valence-corrected chi connectivity index (χ4v) is 6.07. The number of allylic oxidation sites excluding steroid dienone is 1. The van der Waals surface area contributed by atoms with Gasteiger partial charge in [0.2, 0.25) is 11.8 Å². The zero-order valence-electron chi connectivity index (χ0n) is 17.5. The molecule has 1 saturated carbocycles. The average molecular weight is 515 g/mol. The number of hydrogen-bond acceptors (Lipinski definition) is 8. The van der Waals surface area contributed by atoms with Crippen LogP contribution in [0.2, 0.25) is 0 Å². The Kier molecular flexibility index (Phi) is 7.77. The minimum absolute atomic E-state index is 0. The van der Waals surface area contributed by atoms with Gasteiger partial charge in [-0.25, -0.2) is 4.79 Å². The van der Waals surface area contributed by atoms with Gasteiger partial charge in [-0.1, -0.05) is 17.0 Å². The van der Waals surface area contributed by atoms with Crippen molar-refractivity contribution in [1.82, 2.24) is 30.5 Å². The van der Waals surface area contributed by atoms with Crippen LogP contribution in [0.25, 0.3) is 0 Å². The molecule has 176 valence electrons. The molecule has 0 spiro atoms. The Bertz CT molecular complexity index is 1070. The number of nitrogens with zero attached hydrogens (tertiary/aromatic N) is 4. The first kappa shape index (κ1) is 25.3. The van der Waals surface area contributed by atoms with Crippen molar-refractivity contribution in [2.24, 2.45) is 5.92 Å². The number of aromatic amines is 1. The zero-order valence-corrected chi connectivity index (χ0v) is 19.2. The van der Waals surface area contributed by atoms with Gasteiger partial charge >= 0.3 is 35.5 Å². The number of carbonyl (C=O) groups excluding carboxylic acids is 3. The molecule has 2 saturated heterocycles. The van der Waals surface area contributed by atoms with Crippen LogP contribution in [0, 0.1) is 5.92 Å². The number of hydrogen-bond donors (Lipinski definition) is 3. The first-order valence-electron chi connectivity index (χ1n) is 10.6. The molecule has 4 heterocycles. The molecular weight excluding hydrogens is 491 g/mol. The molecule has 4 aliphatic rings. The van der Waals surface area contributed by atoms with E-state index in [4.69, 9.17) is 0 Å². The summed E-state index contributed by atoms with van der Waals surface area (Å²) in [6.45, 7) is 1.41. The summed E-state index contributed by atoms with van der Waals surface area (Å²) in [5.41, 5.74) is 0.945. The number of aliphatic carboxylic acids is 1. The Morgan fingerprint density at radius 1 is 1.35 bits per heavy atom. The van der Waals surface area contributed by atoms with E-state index < -0.39 is 23.3 Å². The number of aromatic nitrogens is 3. The van der Waals surface area contributed by atoms with Crippen molar-refractivity contribution in [3.8, 4) is 0 Å². The third-order valence-electron chi connectivity index (χ3n) is 6.01. The average Bonchev–Trinajstić information content (AvgIpc) is 3.34. The van der Waals surface area contributed by atoms with E-state index in [2.05, 4.69) is 20.7 Å². The van der Waals surface area contributed by atoms with Gasteiger partial charge in [-0.05, 0) is 36.8 Å². The summed E-state index contributed by atoms with van der Waals surface area (Å²) in [6, 6.07) is -0.784. The molecule has 14 heteroatoms. The summed E-state index contributed by atoms with van der Waals surface area (Å²) in [7, 11) is 0. The Hall–Kier alpha value is -1.80. The second kappa shape index (κ2) is 10.4. The van der Waals surface area contributed by atoms with Crippen molar-refractivity contribution in [2.45, 2.75) is 35.7 Å². The van der Waals surface area contributed by atoms with Gasteiger partial charge in [-0.3, -0.25) is 24.4 Å².